The number of anilines is 1. The lowest BCUT2D eigenvalue weighted by molar-refractivity contribution is 0.0696. The third-order valence-electron chi connectivity index (χ3n) is 2.99. The van der Waals surface area contributed by atoms with Crippen LogP contribution >= 0.6 is 0 Å². The summed E-state index contributed by atoms with van der Waals surface area (Å²) >= 11 is 0. The molecule has 0 aliphatic carbocycles. The van der Waals surface area contributed by atoms with Gasteiger partial charge < -0.3 is 10.4 Å². The minimum atomic E-state index is -0.966. The van der Waals surface area contributed by atoms with Gasteiger partial charge in [-0.2, -0.15) is 0 Å². The molecule has 0 fully saturated rings. The first-order valence-electron chi connectivity index (χ1n) is 5.90. The summed E-state index contributed by atoms with van der Waals surface area (Å²) in [6.45, 7) is 2.05. The van der Waals surface area contributed by atoms with E-state index in [1.165, 1.54) is 6.07 Å². The Hall–Kier alpha value is -2.36. The van der Waals surface area contributed by atoms with Gasteiger partial charge in [-0.05, 0) is 30.7 Å². The van der Waals surface area contributed by atoms with Gasteiger partial charge >= 0.3 is 5.97 Å². The van der Waals surface area contributed by atoms with Crippen LogP contribution in [0.3, 0.4) is 0 Å². The van der Waals surface area contributed by atoms with Crippen LogP contribution in [-0.2, 0) is 6.54 Å². The molecule has 3 nitrogen and oxygen atoms in total. The van der Waals surface area contributed by atoms with Crippen LogP contribution in [0.5, 0.6) is 0 Å². The van der Waals surface area contributed by atoms with Gasteiger partial charge in [-0.25, -0.2) is 9.18 Å². The second-order valence-electron chi connectivity index (χ2n) is 4.23. The first-order valence-corrected chi connectivity index (χ1v) is 5.90. The van der Waals surface area contributed by atoms with E-state index in [2.05, 4.69) is 5.32 Å². The minimum Gasteiger partial charge on any atom is -0.478 e. The van der Waals surface area contributed by atoms with Crippen molar-refractivity contribution in [1.82, 2.24) is 0 Å². The molecule has 0 aliphatic rings. The van der Waals surface area contributed by atoms with Gasteiger partial charge in [0.05, 0.1) is 5.56 Å². The number of hydrogen-bond donors (Lipinski definition) is 2. The van der Waals surface area contributed by atoms with E-state index in [0.717, 1.165) is 0 Å². The summed E-state index contributed by atoms with van der Waals surface area (Å²) in [5.74, 6) is -1.24. The van der Waals surface area contributed by atoms with Gasteiger partial charge in [0.1, 0.15) is 5.82 Å². The van der Waals surface area contributed by atoms with Crippen molar-refractivity contribution in [2.24, 2.45) is 0 Å². The van der Waals surface area contributed by atoms with Gasteiger partial charge in [-0.3, -0.25) is 0 Å². The molecule has 2 aromatic rings. The maximum atomic E-state index is 13.5. The summed E-state index contributed by atoms with van der Waals surface area (Å²) in [5, 5.41) is 12.1. The van der Waals surface area contributed by atoms with E-state index in [-0.39, 0.29) is 11.4 Å². The second-order valence-corrected chi connectivity index (χ2v) is 4.23. The second kappa shape index (κ2) is 5.52. The van der Waals surface area contributed by atoms with Gasteiger partial charge in [0, 0.05) is 17.8 Å². The van der Waals surface area contributed by atoms with E-state index >= 15 is 0 Å². The van der Waals surface area contributed by atoms with E-state index in [9.17, 15) is 9.18 Å². The predicted molar refractivity (Wildman–Crippen MR) is 71.9 cm³/mol. The zero-order valence-electron chi connectivity index (χ0n) is 10.5. The number of carboxylic acid groups (broad SMARTS) is 1. The normalized spacial score (nSPS) is 10.2. The van der Waals surface area contributed by atoms with Crippen LogP contribution in [0.15, 0.2) is 42.5 Å². The van der Waals surface area contributed by atoms with E-state index in [1.54, 1.807) is 43.3 Å². The maximum absolute atomic E-state index is 13.5. The minimum absolute atomic E-state index is 0.249. The van der Waals surface area contributed by atoms with Crippen LogP contribution in [0.1, 0.15) is 21.5 Å². The Morgan fingerprint density at radius 1 is 1.21 bits per heavy atom. The van der Waals surface area contributed by atoms with Crippen LogP contribution in [0, 0.1) is 12.7 Å². The van der Waals surface area contributed by atoms with Crippen LogP contribution in [0.4, 0.5) is 10.1 Å². The number of benzene rings is 2. The lowest BCUT2D eigenvalue weighted by atomic mass is 10.1. The molecule has 98 valence electrons. The van der Waals surface area contributed by atoms with Crippen LogP contribution < -0.4 is 5.32 Å². The third-order valence-corrected chi connectivity index (χ3v) is 2.99. The molecule has 0 bridgehead atoms. The smallest absolute Gasteiger partial charge is 0.336 e. The number of carbonyl (C=O) groups is 1. The summed E-state index contributed by atoms with van der Waals surface area (Å²) in [6.07, 6.45) is 0. The molecule has 0 aliphatic heterocycles. The van der Waals surface area contributed by atoms with Gasteiger partial charge in [0.25, 0.3) is 0 Å². The van der Waals surface area contributed by atoms with Crippen molar-refractivity contribution in [3.8, 4) is 0 Å². The van der Waals surface area contributed by atoms with Crippen molar-refractivity contribution in [3.05, 3.63) is 65.0 Å². The summed E-state index contributed by atoms with van der Waals surface area (Å²) in [4.78, 5) is 11.0. The third kappa shape index (κ3) is 2.91. The molecular formula is C15H14FNO2. The highest BCUT2D eigenvalue weighted by molar-refractivity contribution is 5.91. The SMILES string of the molecule is Cc1c(NCc2ccccc2F)cccc1C(=O)O. The summed E-state index contributed by atoms with van der Waals surface area (Å²) in [6, 6.07) is 11.5. The maximum Gasteiger partial charge on any atom is 0.336 e. The molecular weight excluding hydrogens is 245 g/mol. The predicted octanol–water partition coefficient (Wildman–Crippen LogP) is 3.44. The molecule has 0 aromatic heterocycles. The Bertz CT molecular complexity index is 611. The first kappa shape index (κ1) is 13.1. The van der Waals surface area contributed by atoms with Crippen LogP contribution in [0.25, 0.3) is 0 Å². The van der Waals surface area contributed by atoms with E-state index < -0.39 is 5.97 Å². The fourth-order valence-corrected chi connectivity index (χ4v) is 1.89. The molecule has 0 unspecified atom stereocenters. The number of halogens is 1. The van der Waals surface area contributed by atoms with Gasteiger partial charge in [0.15, 0.2) is 0 Å². The molecule has 0 heterocycles. The Morgan fingerprint density at radius 2 is 1.95 bits per heavy atom. The lowest BCUT2D eigenvalue weighted by Crippen LogP contribution is -2.06. The molecule has 0 saturated carbocycles. The molecule has 4 heteroatoms. The quantitative estimate of drug-likeness (QED) is 0.884. The highest BCUT2D eigenvalue weighted by Crippen LogP contribution is 2.20. The van der Waals surface area contributed by atoms with Gasteiger partial charge in [-0.15, -0.1) is 0 Å². The van der Waals surface area contributed by atoms with Crippen molar-refractivity contribution < 1.29 is 14.3 Å². The number of nitrogens with one attached hydrogen (secondary N) is 1. The van der Waals surface area contributed by atoms with Crippen LogP contribution in [0.2, 0.25) is 0 Å². The lowest BCUT2D eigenvalue weighted by Gasteiger charge is -2.11. The molecule has 2 rings (SSSR count). The Kier molecular flexibility index (Phi) is 3.80. The van der Waals surface area contributed by atoms with E-state index in [4.69, 9.17) is 5.11 Å². The molecule has 2 aromatic carbocycles. The topological polar surface area (TPSA) is 49.3 Å². The first-order chi connectivity index (χ1) is 9.09. The number of carboxylic acids is 1. The number of aromatic carboxylic acids is 1. The molecule has 0 spiro atoms. The summed E-state index contributed by atoms with van der Waals surface area (Å²) in [5.41, 5.74) is 2.13. The average Bonchev–Trinajstić information content (AvgIpc) is 2.39. The standard InChI is InChI=1S/C15H14FNO2/c1-10-12(15(18)19)6-4-8-14(10)17-9-11-5-2-3-7-13(11)16/h2-8,17H,9H2,1H3,(H,18,19). The zero-order valence-corrected chi connectivity index (χ0v) is 10.5. The Morgan fingerprint density at radius 3 is 2.63 bits per heavy atom. The van der Waals surface area contributed by atoms with Crippen molar-refractivity contribution in [2.45, 2.75) is 13.5 Å². The van der Waals surface area contributed by atoms with E-state index in [0.29, 0.717) is 23.4 Å². The fraction of sp³-hybridized carbons (Fsp3) is 0.133. The molecule has 0 radical (unpaired) electrons. The van der Waals surface area contributed by atoms with E-state index in [1.807, 2.05) is 0 Å². The fourth-order valence-electron chi connectivity index (χ4n) is 1.89. The number of rotatable bonds is 4. The van der Waals surface area contributed by atoms with Gasteiger partial charge in [0.2, 0.25) is 0 Å². The zero-order chi connectivity index (χ0) is 13.8. The van der Waals surface area contributed by atoms with Crippen molar-refractivity contribution in [3.63, 3.8) is 0 Å². The summed E-state index contributed by atoms with van der Waals surface area (Å²) in [7, 11) is 0. The molecule has 2 N–H and O–H groups in total. The van der Waals surface area contributed by atoms with Gasteiger partial charge in [-0.1, -0.05) is 24.3 Å². The monoisotopic (exact) mass is 259 g/mol. The highest BCUT2D eigenvalue weighted by Gasteiger charge is 2.10. The molecule has 19 heavy (non-hydrogen) atoms. The van der Waals surface area contributed by atoms with Crippen molar-refractivity contribution >= 4 is 11.7 Å². The highest BCUT2D eigenvalue weighted by atomic mass is 19.1. The largest absolute Gasteiger partial charge is 0.478 e. The number of hydrogen-bond acceptors (Lipinski definition) is 2. The Labute approximate surface area is 110 Å². The van der Waals surface area contributed by atoms with Crippen molar-refractivity contribution in [1.29, 1.82) is 0 Å². The van der Waals surface area contributed by atoms with Crippen LogP contribution in [-0.4, -0.2) is 11.1 Å². The van der Waals surface area contributed by atoms with Crippen molar-refractivity contribution in [2.75, 3.05) is 5.32 Å². The molecule has 0 amide bonds. The Balaban J connectivity index is 2.19. The average molecular weight is 259 g/mol. The molecule has 0 saturated heterocycles. The summed E-state index contributed by atoms with van der Waals surface area (Å²) < 4.78 is 13.5. The molecule has 0 atom stereocenters.